The molecule has 0 aliphatic carbocycles. The van der Waals surface area contributed by atoms with Gasteiger partial charge in [-0.2, -0.15) is 11.8 Å². The smallest absolute Gasteiger partial charge is 0.111 e. The predicted octanol–water partition coefficient (Wildman–Crippen LogP) is 2.99. The van der Waals surface area contributed by atoms with Crippen molar-refractivity contribution >= 4 is 22.8 Å². The van der Waals surface area contributed by atoms with Crippen LogP contribution in [-0.2, 0) is 13.5 Å². The number of likely N-dealkylation sites (N-methyl/N-ethyl adjacent to an activating group) is 1. The Morgan fingerprint density at radius 1 is 1.45 bits per heavy atom. The first kappa shape index (κ1) is 14.0. The molecule has 20 heavy (non-hydrogen) atoms. The Hall–Kier alpha value is -1.000. The van der Waals surface area contributed by atoms with E-state index in [1.807, 2.05) is 0 Å². The van der Waals surface area contributed by atoms with Crippen LogP contribution in [0.4, 0.5) is 0 Å². The van der Waals surface area contributed by atoms with Crippen molar-refractivity contribution in [1.29, 1.82) is 0 Å². The van der Waals surface area contributed by atoms with Crippen molar-refractivity contribution < 1.29 is 0 Å². The largest absolute Gasteiger partial charge is 0.331 e. The molecule has 2 unspecified atom stereocenters. The number of nitrogens with one attached hydrogen (secondary N) is 1. The summed E-state index contributed by atoms with van der Waals surface area (Å²) in [5, 5.41) is 3.53. The molecule has 1 fully saturated rings. The molecule has 0 radical (unpaired) electrons. The summed E-state index contributed by atoms with van der Waals surface area (Å²) in [5.41, 5.74) is 2.32. The monoisotopic (exact) mass is 289 g/mol. The van der Waals surface area contributed by atoms with Gasteiger partial charge in [-0.05, 0) is 44.7 Å². The zero-order valence-corrected chi connectivity index (χ0v) is 13.3. The average Bonchev–Trinajstić information content (AvgIpc) is 3.02. The van der Waals surface area contributed by atoms with E-state index in [2.05, 4.69) is 66.9 Å². The molecule has 1 aliphatic rings. The molecule has 4 heteroatoms. The van der Waals surface area contributed by atoms with Gasteiger partial charge < -0.3 is 9.88 Å². The van der Waals surface area contributed by atoms with E-state index < -0.39 is 0 Å². The molecule has 0 amide bonds. The van der Waals surface area contributed by atoms with E-state index in [1.54, 1.807) is 0 Å². The molecular weight excluding hydrogens is 266 g/mol. The molecule has 1 aliphatic heterocycles. The minimum absolute atomic E-state index is 0.340. The SMILES string of the molecule is CNC(Cc1nc2ccccc2n1C)C1(C)CCCS1. The molecule has 0 bridgehead atoms. The van der Waals surface area contributed by atoms with E-state index in [4.69, 9.17) is 4.98 Å². The number of thioether (sulfide) groups is 1. The molecule has 2 heterocycles. The normalized spacial score (nSPS) is 24.4. The van der Waals surface area contributed by atoms with Gasteiger partial charge in [0.05, 0.1) is 11.0 Å². The Balaban J connectivity index is 1.89. The third-order valence-electron chi connectivity index (χ3n) is 4.60. The zero-order chi connectivity index (χ0) is 14.2. The van der Waals surface area contributed by atoms with E-state index >= 15 is 0 Å². The minimum Gasteiger partial charge on any atom is -0.331 e. The van der Waals surface area contributed by atoms with Gasteiger partial charge in [0.25, 0.3) is 0 Å². The Kier molecular flexibility index (Phi) is 3.78. The number of nitrogens with zero attached hydrogens (tertiary/aromatic N) is 2. The number of benzene rings is 1. The van der Waals surface area contributed by atoms with Crippen LogP contribution in [0.25, 0.3) is 11.0 Å². The molecule has 0 saturated carbocycles. The molecule has 2 atom stereocenters. The number of rotatable bonds is 4. The first-order valence-electron chi connectivity index (χ1n) is 7.35. The summed E-state index contributed by atoms with van der Waals surface area (Å²) in [5.74, 6) is 2.47. The van der Waals surface area contributed by atoms with Crippen molar-refractivity contribution in [2.24, 2.45) is 7.05 Å². The highest BCUT2D eigenvalue weighted by molar-refractivity contribution is 8.00. The molecule has 2 aromatic rings. The molecule has 1 aromatic carbocycles. The number of hydrogen-bond donors (Lipinski definition) is 1. The second kappa shape index (κ2) is 5.41. The highest BCUT2D eigenvalue weighted by Gasteiger charge is 2.37. The topological polar surface area (TPSA) is 29.9 Å². The molecule has 0 spiro atoms. The lowest BCUT2D eigenvalue weighted by atomic mass is 9.93. The van der Waals surface area contributed by atoms with Gasteiger partial charge in [-0.25, -0.2) is 4.98 Å². The van der Waals surface area contributed by atoms with Gasteiger partial charge in [-0.15, -0.1) is 0 Å². The van der Waals surface area contributed by atoms with E-state index in [0.29, 0.717) is 10.8 Å². The standard InChI is InChI=1S/C16H23N3S/c1-16(9-6-10-20-16)14(17-2)11-15-18-12-7-4-5-8-13(12)19(15)3/h4-5,7-8,14,17H,6,9-11H2,1-3H3. The van der Waals surface area contributed by atoms with Crippen molar-refractivity contribution in [1.82, 2.24) is 14.9 Å². The van der Waals surface area contributed by atoms with Crippen molar-refractivity contribution in [3.63, 3.8) is 0 Å². The van der Waals surface area contributed by atoms with Gasteiger partial charge >= 0.3 is 0 Å². The van der Waals surface area contributed by atoms with Gasteiger partial charge in [0.15, 0.2) is 0 Å². The molecule has 108 valence electrons. The van der Waals surface area contributed by atoms with E-state index in [9.17, 15) is 0 Å². The summed E-state index contributed by atoms with van der Waals surface area (Å²) >= 11 is 2.11. The van der Waals surface area contributed by atoms with Crippen LogP contribution in [-0.4, -0.2) is 33.1 Å². The lowest BCUT2D eigenvalue weighted by Crippen LogP contribution is -2.45. The number of para-hydroxylation sites is 2. The first-order valence-corrected chi connectivity index (χ1v) is 8.34. The number of imidazole rings is 1. The maximum atomic E-state index is 4.82. The molecular formula is C16H23N3S. The third-order valence-corrected chi connectivity index (χ3v) is 6.24. The van der Waals surface area contributed by atoms with Crippen molar-refractivity contribution in [2.75, 3.05) is 12.8 Å². The Bertz CT molecular complexity index is 599. The number of fused-ring (bicyclic) bond motifs is 1. The summed E-state index contributed by atoms with van der Waals surface area (Å²) < 4.78 is 2.58. The average molecular weight is 289 g/mol. The van der Waals surface area contributed by atoms with Crippen LogP contribution in [0.1, 0.15) is 25.6 Å². The lowest BCUT2D eigenvalue weighted by Gasteiger charge is -2.33. The predicted molar refractivity (Wildman–Crippen MR) is 87.4 cm³/mol. The van der Waals surface area contributed by atoms with Crippen LogP contribution < -0.4 is 5.32 Å². The summed E-state index contributed by atoms with van der Waals surface area (Å²) in [4.78, 5) is 4.82. The Morgan fingerprint density at radius 2 is 2.25 bits per heavy atom. The fourth-order valence-corrected chi connectivity index (χ4v) is 4.71. The Morgan fingerprint density at radius 3 is 2.90 bits per heavy atom. The summed E-state index contributed by atoms with van der Waals surface area (Å²) in [6, 6.07) is 8.86. The third kappa shape index (κ3) is 2.35. The van der Waals surface area contributed by atoms with Crippen LogP contribution in [0.2, 0.25) is 0 Å². The van der Waals surface area contributed by atoms with Crippen LogP contribution in [0, 0.1) is 0 Å². The highest BCUT2D eigenvalue weighted by Crippen LogP contribution is 2.41. The van der Waals surface area contributed by atoms with E-state index in [0.717, 1.165) is 11.9 Å². The van der Waals surface area contributed by atoms with Crippen molar-refractivity contribution in [3.05, 3.63) is 30.1 Å². The number of aromatic nitrogens is 2. The van der Waals surface area contributed by atoms with Crippen molar-refractivity contribution in [2.45, 2.75) is 37.0 Å². The molecule has 1 saturated heterocycles. The fraction of sp³-hybridized carbons (Fsp3) is 0.562. The van der Waals surface area contributed by atoms with Crippen LogP contribution in [0.3, 0.4) is 0 Å². The van der Waals surface area contributed by atoms with Crippen LogP contribution >= 0.6 is 11.8 Å². The molecule has 1 N–H and O–H groups in total. The van der Waals surface area contributed by atoms with Crippen molar-refractivity contribution in [3.8, 4) is 0 Å². The second-order valence-electron chi connectivity index (χ2n) is 5.89. The summed E-state index contributed by atoms with van der Waals surface area (Å²) in [6.07, 6.45) is 3.63. The van der Waals surface area contributed by atoms with Gasteiger partial charge in [0.1, 0.15) is 5.82 Å². The molecule has 1 aromatic heterocycles. The quantitative estimate of drug-likeness (QED) is 0.938. The minimum atomic E-state index is 0.340. The highest BCUT2D eigenvalue weighted by atomic mass is 32.2. The maximum Gasteiger partial charge on any atom is 0.111 e. The van der Waals surface area contributed by atoms with Gasteiger partial charge in [-0.1, -0.05) is 12.1 Å². The first-order chi connectivity index (χ1) is 9.64. The molecule has 3 rings (SSSR count). The van der Waals surface area contributed by atoms with Gasteiger partial charge in [-0.3, -0.25) is 0 Å². The second-order valence-corrected chi connectivity index (χ2v) is 7.52. The molecule has 3 nitrogen and oxygen atoms in total. The number of hydrogen-bond acceptors (Lipinski definition) is 3. The van der Waals surface area contributed by atoms with Gasteiger partial charge in [0, 0.05) is 24.3 Å². The van der Waals surface area contributed by atoms with Crippen LogP contribution in [0.5, 0.6) is 0 Å². The van der Waals surface area contributed by atoms with E-state index in [-0.39, 0.29) is 0 Å². The van der Waals surface area contributed by atoms with Crippen LogP contribution in [0.15, 0.2) is 24.3 Å². The van der Waals surface area contributed by atoms with Gasteiger partial charge in [0.2, 0.25) is 0 Å². The number of aryl methyl sites for hydroxylation is 1. The Labute approximate surface area is 125 Å². The summed E-state index contributed by atoms with van der Waals surface area (Å²) in [7, 11) is 4.21. The summed E-state index contributed by atoms with van der Waals surface area (Å²) in [6.45, 7) is 2.40. The zero-order valence-electron chi connectivity index (χ0n) is 12.5. The van der Waals surface area contributed by atoms with E-state index in [1.165, 1.54) is 29.9 Å². The lowest BCUT2D eigenvalue weighted by molar-refractivity contribution is 0.415. The maximum absolute atomic E-state index is 4.82. The fourth-order valence-electron chi connectivity index (χ4n) is 3.26.